The molecule has 1 aliphatic heterocycles. The van der Waals surface area contributed by atoms with Gasteiger partial charge in [-0.05, 0) is 54.9 Å². The van der Waals surface area contributed by atoms with E-state index < -0.39 is 18.2 Å². The first-order valence-corrected chi connectivity index (χ1v) is 12.2. The van der Waals surface area contributed by atoms with Gasteiger partial charge in [0.25, 0.3) is 0 Å². The lowest BCUT2D eigenvalue weighted by molar-refractivity contribution is -0.149. The average Bonchev–Trinajstić information content (AvgIpc) is 3.45. The Morgan fingerprint density at radius 2 is 1.71 bits per heavy atom. The lowest BCUT2D eigenvalue weighted by atomic mass is 9.98. The van der Waals surface area contributed by atoms with Crippen LogP contribution in [0.2, 0.25) is 0 Å². The van der Waals surface area contributed by atoms with Crippen LogP contribution in [-0.4, -0.2) is 54.5 Å². The number of ether oxygens (including phenoxy) is 2. The summed E-state index contributed by atoms with van der Waals surface area (Å²) < 4.78 is 11.0. The van der Waals surface area contributed by atoms with Crippen molar-refractivity contribution in [2.45, 2.75) is 63.2 Å². The van der Waals surface area contributed by atoms with Crippen molar-refractivity contribution >= 4 is 18.0 Å². The highest BCUT2D eigenvalue weighted by atomic mass is 16.5. The molecule has 1 saturated heterocycles. The van der Waals surface area contributed by atoms with Gasteiger partial charge >= 0.3 is 12.1 Å². The molecule has 186 valence electrons. The Hall–Kier alpha value is -3.39. The van der Waals surface area contributed by atoms with E-state index in [0.717, 1.165) is 0 Å². The summed E-state index contributed by atoms with van der Waals surface area (Å²) in [5, 5.41) is 14.6. The summed E-state index contributed by atoms with van der Waals surface area (Å²) in [6, 6.07) is 16.3. The van der Waals surface area contributed by atoms with E-state index in [1.807, 2.05) is 31.2 Å². The highest BCUT2D eigenvalue weighted by Crippen LogP contribution is 2.44. The molecule has 4 rings (SSSR count). The van der Waals surface area contributed by atoms with Gasteiger partial charge in [-0.25, -0.2) is 9.59 Å². The normalized spacial score (nSPS) is 19.5. The first kappa shape index (κ1) is 24.7. The Kier molecular flexibility index (Phi) is 8.02. The van der Waals surface area contributed by atoms with Crippen LogP contribution in [-0.2, 0) is 19.1 Å². The van der Waals surface area contributed by atoms with Gasteiger partial charge in [0.15, 0.2) is 6.10 Å². The SMILES string of the molecule is CC(CCCC(=O)NCC1CCC(C(=O)O)O1)NC(=O)OCC1c2ccccc2-c2ccccc21. The van der Waals surface area contributed by atoms with E-state index in [1.54, 1.807) is 0 Å². The van der Waals surface area contributed by atoms with Gasteiger partial charge in [-0.15, -0.1) is 0 Å². The predicted molar refractivity (Wildman–Crippen MR) is 130 cm³/mol. The number of carboxylic acids is 1. The Morgan fingerprint density at radius 1 is 1.06 bits per heavy atom. The summed E-state index contributed by atoms with van der Waals surface area (Å²) in [4.78, 5) is 35.4. The molecule has 2 aliphatic rings. The van der Waals surface area contributed by atoms with Crippen molar-refractivity contribution < 1.29 is 29.0 Å². The second-order valence-electron chi connectivity index (χ2n) is 9.23. The van der Waals surface area contributed by atoms with Crippen LogP contribution >= 0.6 is 0 Å². The molecule has 0 saturated carbocycles. The van der Waals surface area contributed by atoms with Crippen molar-refractivity contribution in [1.82, 2.24) is 10.6 Å². The lowest BCUT2D eigenvalue weighted by Gasteiger charge is -2.17. The number of benzene rings is 2. The van der Waals surface area contributed by atoms with E-state index in [-0.39, 0.29) is 30.6 Å². The predicted octanol–water partition coefficient (Wildman–Crippen LogP) is 3.83. The molecule has 0 radical (unpaired) electrons. The Labute approximate surface area is 205 Å². The summed E-state index contributed by atoms with van der Waals surface area (Å²) in [7, 11) is 0. The minimum absolute atomic E-state index is 0.0155. The Morgan fingerprint density at radius 3 is 2.34 bits per heavy atom. The van der Waals surface area contributed by atoms with Crippen LogP contribution in [0.5, 0.6) is 0 Å². The van der Waals surface area contributed by atoms with Crippen LogP contribution in [0.25, 0.3) is 11.1 Å². The standard InChI is InChI=1S/C27H32N2O6/c1-17(7-6-12-25(30)28-15-18-13-14-24(35-18)26(31)32)29-27(33)34-16-23-21-10-4-2-8-19(21)20-9-3-5-11-22(20)23/h2-5,8-11,17-18,23-24H,6-7,12-16H2,1H3,(H,28,30)(H,29,33)(H,31,32). The number of nitrogens with one attached hydrogen (secondary N) is 2. The van der Waals surface area contributed by atoms with Crippen LogP contribution in [0.3, 0.4) is 0 Å². The number of carbonyl (C=O) groups is 3. The van der Waals surface area contributed by atoms with Gasteiger partial charge in [-0.2, -0.15) is 0 Å². The minimum atomic E-state index is -0.961. The van der Waals surface area contributed by atoms with E-state index in [4.69, 9.17) is 14.6 Å². The average molecular weight is 481 g/mol. The van der Waals surface area contributed by atoms with E-state index in [2.05, 4.69) is 34.9 Å². The molecule has 3 unspecified atom stereocenters. The number of hydrogen-bond donors (Lipinski definition) is 3. The smallest absolute Gasteiger partial charge is 0.407 e. The quantitative estimate of drug-likeness (QED) is 0.476. The third-order valence-corrected chi connectivity index (χ3v) is 6.66. The molecule has 1 aliphatic carbocycles. The molecular formula is C27H32N2O6. The van der Waals surface area contributed by atoms with Gasteiger partial charge in [-0.1, -0.05) is 48.5 Å². The van der Waals surface area contributed by atoms with Crippen LogP contribution in [0.1, 0.15) is 56.1 Å². The molecule has 8 nitrogen and oxygen atoms in total. The number of rotatable bonds is 10. The summed E-state index contributed by atoms with van der Waals surface area (Å²) >= 11 is 0. The number of fused-ring (bicyclic) bond motifs is 3. The highest BCUT2D eigenvalue weighted by Gasteiger charge is 2.31. The third-order valence-electron chi connectivity index (χ3n) is 6.66. The first-order chi connectivity index (χ1) is 16.9. The maximum Gasteiger partial charge on any atom is 0.407 e. The third kappa shape index (κ3) is 6.19. The van der Waals surface area contributed by atoms with Crippen LogP contribution < -0.4 is 10.6 Å². The van der Waals surface area contributed by atoms with Gasteiger partial charge in [0.2, 0.25) is 5.91 Å². The Balaban J connectivity index is 1.14. The zero-order chi connectivity index (χ0) is 24.8. The van der Waals surface area contributed by atoms with Crippen molar-refractivity contribution in [2.75, 3.05) is 13.2 Å². The highest BCUT2D eigenvalue weighted by molar-refractivity contribution is 5.79. The van der Waals surface area contributed by atoms with Gasteiger partial charge < -0.3 is 25.2 Å². The monoisotopic (exact) mass is 480 g/mol. The minimum Gasteiger partial charge on any atom is -0.479 e. The zero-order valence-corrected chi connectivity index (χ0v) is 19.9. The molecule has 35 heavy (non-hydrogen) atoms. The lowest BCUT2D eigenvalue weighted by Crippen LogP contribution is -2.35. The topological polar surface area (TPSA) is 114 Å². The van der Waals surface area contributed by atoms with Crippen LogP contribution in [0.15, 0.2) is 48.5 Å². The number of carboxylic acid groups (broad SMARTS) is 1. The van der Waals surface area contributed by atoms with Crippen LogP contribution in [0.4, 0.5) is 4.79 Å². The molecular weight excluding hydrogens is 448 g/mol. The number of hydrogen-bond acceptors (Lipinski definition) is 5. The molecule has 1 fully saturated rings. The van der Waals surface area contributed by atoms with E-state index in [0.29, 0.717) is 38.6 Å². The largest absolute Gasteiger partial charge is 0.479 e. The van der Waals surface area contributed by atoms with Crippen molar-refractivity contribution in [1.29, 1.82) is 0 Å². The molecule has 3 atom stereocenters. The molecule has 2 aromatic rings. The number of carbonyl (C=O) groups excluding carboxylic acids is 2. The van der Waals surface area contributed by atoms with Crippen molar-refractivity contribution in [3.8, 4) is 11.1 Å². The summed E-state index contributed by atoms with van der Waals surface area (Å²) in [5.41, 5.74) is 4.71. The van der Waals surface area contributed by atoms with Gasteiger partial charge in [0.05, 0.1) is 6.10 Å². The van der Waals surface area contributed by atoms with Gasteiger partial charge in [-0.3, -0.25) is 4.79 Å². The molecule has 2 aromatic carbocycles. The van der Waals surface area contributed by atoms with Gasteiger partial charge in [0, 0.05) is 24.9 Å². The molecule has 0 bridgehead atoms. The molecule has 8 heteroatoms. The van der Waals surface area contributed by atoms with E-state index in [9.17, 15) is 14.4 Å². The van der Waals surface area contributed by atoms with Crippen molar-refractivity contribution in [3.05, 3.63) is 59.7 Å². The van der Waals surface area contributed by atoms with E-state index >= 15 is 0 Å². The first-order valence-electron chi connectivity index (χ1n) is 12.2. The number of amides is 2. The van der Waals surface area contributed by atoms with Crippen molar-refractivity contribution in [2.24, 2.45) is 0 Å². The maximum absolute atomic E-state index is 12.4. The van der Waals surface area contributed by atoms with E-state index in [1.165, 1.54) is 22.3 Å². The molecule has 0 spiro atoms. The van der Waals surface area contributed by atoms with Crippen LogP contribution in [0, 0.1) is 0 Å². The molecule has 0 aromatic heterocycles. The summed E-state index contributed by atoms with van der Waals surface area (Å²) in [5.74, 6) is -1.06. The zero-order valence-electron chi connectivity index (χ0n) is 19.9. The fourth-order valence-electron chi connectivity index (χ4n) is 4.84. The molecule has 2 amide bonds. The van der Waals surface area contributed by atoms with Gasteiger partial charge in [0.1, 0.15) is 6.61 Å². The molecule has 3 N–H and O–H groups in total. The Bertz CT molecular complexity index is 1030. The second kappa shape index (κ2) is 11.4. The van der Waals surface area contributed by atoms with Crippen molar-refractivity contribution in [3.63, 3.8) is 0 Å². The fourth-order valence-corrected chi connectivity index (χ4v) is 4.84. The molecule has 1 heterocycles. The second-order valence-corrected chi connectivity index (χ2v) is 9.23. The number of alkyl carbamates (subject to hydrolysis) is 1. The maximum atomic E-state index is 12.4. The number of aliphatic carboxylic acids is 1. The summed E-state index contributed by atoms with van der Waals surface area (Å²) in [6.07, 6.45) is 1.17. The fraction of sp³-hybridized carbons (Fsp3) is 0.444. The summed E-state index contributed by atoms with van der Waals surface area (Å²) in [6.45, 7) is 2.47.